The molecule has 10 heavy (non-hydrogen) atoms. The van der Waals surface area contributed by atoms with Crippen molar-refractivity contribution in [1.82, 2.24) is 0 Å². The molecule has 0 bridgehead atoms. The summed E-state index contributed by atoms with van der Waals surface area (Å²) in [5.41, 5.74) is 0. The van der Waals surface area contributed by atoms with Crippen molar-refractivity contribution in [2.45, 2.75) is 26.2 Å². The van der Waals surface area contributed by atoms with E-state index >= 15 is 0 Å². The summed E-state index contributed by atoms with van der Waals surface area (Å²) in [4.78, 5) is 3.57. The zero-order valence-corrected chi connectivity index (χ0v) is 6.59. The first-order valence-corrected chi connectivity index (χ1v) is 3.69. The molecule has 0 radical (unpaired) electrons. The predicted molar refractivity (Wildman–Crippen MR) is 47.4 cm³/mol. The van der Waals surface area contributed by atoms with Gasteiger partial charge in [0.25, 0.3) is 0 Å². The second-order valence-corrected chi connectivity index (χ2v) is 2.09. The van der Waals surface area contributed by atoms with E-state index in [1.165, 1.54) is 12.8 Å². The van der Waals surface area contributed by atoms with Gasteiger partial charge in [-0.3, -0.25) is 4.99 Å². The van der Waals surface area contributed by atoms with E-state index in [0.717, 1.165) is 6.42 Å². The van der Waals surface area contributed by atoms with Gasteiger partial charge in [-0.05, 0) is 19.2 Å². The maximum Gasteiger partial charge on any atom is 0.0260 e. The van der Waals surface area contributed by atoms with E-state index in [1.54, 1.807) is 6.20 Å². The SMILES string of the molecule is C=N/C=C\C=C/CCCC. The summed E-state index contributed by atoms with van der Waals surface area (Å²) in [6.45, 7) is 5.51. The third kappa shape index (κ3) is 7.15. The van der Waals surface area contributed by atoms with E-state index in [9.17, 15) is 0 Å². The Morgan fingerprint density at radius 1 is 1.40 bits per heavy atom. The molecule has 0 rings (SSSR count). The lowest BCUT2D eigenvalue weighted by Gasteiger charge is -1.84. The molecule has 0 fully saturated rings. The van der Waals surface area contributed by atoms with Crippen molar-refractivity contribution in [2.24, 2.45) is 4.99 Å². The van der Waals surface area contributed by atoms with Gasteiger partial charge in [-0.25, -0.2) is 0 Å². The summed E-state index contributed by atoms with van der Waals surface area (Å²) >= 11 is 0. The second kappa shape index (κ2) is 8.15. The second-order valence-electron chi connectivity index (χ2n) is 2.09. The van der Waals surface area contributed by atoms with Crippen LogP contribution in [0.4, 0.5) is 0 Å². The average molecular weight is 137 g/mol. The van der Waals surface area contributed by atoms with E-state index in [-0.39, 0.29) is 0 Å². The van der Waals surface area contributed by atoms with Crippen molar-refractivity contribution in [3.63, 3.8) is 0 Å². The summed E-state index contributed by atoms with van der Waals surface area (Å²) < 4.78 is 0. The molecule has 0 aromatic carbocycles. The monoisotopic (exact) mass is 137 g/mol. The number of nitrogens with zero attached hydrogens (tertiary/aromatic N) is 1. The fourth-order valence-corrected chi connectivity index (χ4v) is 0.607. The molecular formula is C9H15N. The van der Waals surface area contributed by atoms with E-state index in [4.69, 9.17) is 0 Å². The quantitative estimate of drug-likeness (QED) is 0.314. The highest BCUT2D eigenvalue weighted by Gasteiger charge is 1.74. The molecule has 0 N–H and O–H groups in total. The minimum Gasteiger partial charge on any atom is -0.273 e. The van der Waals surface area contributed by atoms with E-state index in [1.807, 2.05) is 12.2 Å². The fraction of sp³-hybridized carbons (Fsp3) is 0.444. The van der Waals surface area contributed by atoms with Gasteiger partial charge in [-0.1, -0.05) is 31.9 Å². The van der Waals surface area contributed by atoms with Gasteiger partial charge in [0.15, 0.2) is 0 Å². The molecule has 0 atom stereocenters. The van der Waals surface area contributed by atoms with Crippen LogP contribution in [0.1, 0.15) is 26.2 Å². The van der Waals surface area contributed by atoms with Gasteiger partial charge in [0, 0.05) is 6.20 Å². The van der Waals surface area contributed by atoms with Crippen LogP contribution in [-0.4, -0.2) is 6.72 Å². The highest BCUT2D eigenvalue weighted by atomic mass is 14.6. The Kier molecular flexibility index (Phi) is 7.46. The van der Waals surface area contributed by atoms with Crippen LogP contribution in [0.2, 0.25) is 0 Å². The van der Waals surface area contributed by atoms with Crippen LogP contribution in [0, 0.1) is 0 Å². The van der Waals surface area contributed by atoms with Gasteiger partial charge in [0.2, 0.25) is 0 Å². The number of aliphatic imine (C=N–C) groups is 1. The van der Waals surface area contributed by atoms with Gasteiger partial charge in [0.1, 0.15) is 0 Å². The third-order valence-electron chi connectivity index (χ3n) is 1.16. The molecule has 0 amide bonds. The molecule has 1 nitrogen and oxygen atoms in total. The maximum absolute atomic E-state index is 3.57. The zero-order chi connectivity index (χ0) is 7.66. The van der Waals surface area contributed by atoms with Crippen molar-refractivity contribution in [3.8, 4) is 0 Å². The molecule has 0 aromatic rings. The van der Waals surface area contributed by atoms with Gasteiger partial charge in [0.05, 0.1) is 0 Å². The number of hydrogen-bond acceptors (Lipinski definition) is 1. The Balaban J connectivity index is 3.19. The standard InChI is InChI=1S/C9H15N/c1-3-4-5-6-7-8-9-10-2/h6-9H,2-5H2,1H3/b7-6-,9-8-. The van der Waals surface area contributed by atoms with Crippen LogP contribution < -0.4 is 0 Å². The average Bonchev–Trinajstić information content (AvgIpc) is 1.97. The molecule has 0 aliphatic heterocycles. The summed E-state index contributed by atoms with van der Waals surface area (Å²) in [5, 5.41) is 0. The van der Waals surface area contributed by atoms with Crippen molar-refractivity contribution in [1.29, 1.82) is 0 Å². The zero-order valence-electron chi connectivity index (χ0n) is 6.59. The minimum absolute atomic E-state index is 1.16. The lowest BCUT2D eigenvalue weighted by molar-refractivity contribution is 0.815. The Hall–Kier alpha value is -0.850. The maximum atomic E-state index is 3.57. The summed E-state index contributed by atoms with van der Waals surface area (Å²) in [5.74, 6) is 0. The van der Waals surface area contributed by atoms with E-state index in [0.29, 0.717) is 0 Å². The van der Waals surface area contributed by atoms with E-state index < -0.39 is 0 Å². The Morgan fingerprint density at radius 2 is 2.20 bits per heavy atom. The largest absolute Gasteiger partial charge is 0.273 e. The summed E-state index contributed by atoms with van der Waals surface area (Å²) in [6, 6.07) is 0. The molecule has 0 heterocycles. The van der Waals surface area contributed by atoms with Crippen LogP contribution >= 0.6 is 0 Å². The molecule has 0 aromatic heterocycles. The van der Waals surface area contributed by atoms with Crippen LogP contribution in [0.3, 0.4) is 0 Å². The minimum atomic E-state index is 1.16. The van der Waals surface area contributed by atoms with Gasteiger partial charge < -0.3 is 0 Å². The van der Waals surface area contributed by atoms with Crippen LogP contribution in [0.15, 0.2) is 29.4 Å². The van der Waals surface area contributed by atoms with Crippen LogP contribution in [-0.2, 0) is 0 Å². The van der Waals surface area contributed by atoms with Crippen molar-refractivity contribution >= 4 is 6.72 Å². The first-order chi connectivity index (χ1) is 4.91. The normalized spacial score (nSPS) is 11.3. The lowest BCUT2D eigenvalue weighted by atomic mass is 10.2. The molecule has 0 aliphatic carbocycles. The number of hydrogen-bond donors (Lipinski definition) is 0. The smallest absolute Gasteiger partial charge is 0.0260 e. The van der Waals surface area contributed by atoms with Gasteiger partial charge in [-0.2, -0.15) is 0 Å². The molecule has 0 unspecified atom stereocenters. The molecule has 56 valence electrons. The Bertz CT molecular complexity index is 123. The van der Waals surface area contributed by atoms with Gasteiger partial charge in [-0.15, -0.1) is 0 Å². The molecule has 0 saturated carbocycles. The fourth-order valence-electron chi connectivity index (χ4n) is 0.607. The van der Waals surface area contributed by atoms with Crippen LogP contribution in [0.5, 0.6) is 0 Å². The number of rotatable bonds is 5. The van der Waals surface area contributed by atoms with Gasteiger partial charge >= 0.3 is 0 Å². The first-order valence-electron chi connectivity index (χ1n) is 3.69. The summed E-state index contributed by atoms with van der Waals surface area (Å²) in [7, 11) is 0. The third-order valence-corrected chi connectivity index (χ3v) is 1.16. The lowest BCUT2D eigenvalue weighted by Crippen LogP contribution is -1.64. The van der Waals surface area contributed by atoms with Crippen molar-refractivity contribution in [3.05, 3.63) is 24.4 Å². The predicted octanol–water partition coefficient (Wildman–Crippen LogP) is 2.95. The number of allylic oxidation sites excluding steroid dienone is 3. The number of unbranched alkanes of at least 4 members (excludes halogenated alkanes) is 2. The molecule has 1 heteroatoms. The topological polar surface area (TPSA) is 12.4 Å². The van der Waals surface area contributed by atoms with E-state index in [2.05, 4.69) is 24.7 Å². The highest BCUT2D eigenvalue weighted by Crippen LogP contribution is 1.94. The molecule has 0 aliphatic rings. The molecule has 0 saturated heterocycles. The highest BCUT2D eigenvalue weighted by molar-refractivity contribution is 5.26. The molecular weight excluding hydrogens is 122 g/mol. The van der Waals surface area contributed by atoms with Crippen LogP contribution in [0.25, 0.3) is 0 Å². The summed E-state index contributed by atoms with van der Waals surface area (Å²) in [6.07, 6.45) is 11.4. The first kappa shape index (κ1) is 9.15. The Morgan fingerprint density at radius 3 is 2.80 bits per heavy atom. The molecule has 0 spiro atoms. The Labute approximate surface area is 63.2 Å². The van der Waals surface area contributed by atoms with Crippen molar-refractivity contribution in [2.75, 3.05) is 0 Å². The van der Waals surface area contributed by atoms with Crippen molar-refractivity contribution < 1.29 is 0 Å².